The zero-order valence-corrected chi connectivity index (χ0v) is 10.9. The van der Waals surface area contributed by atoms with E-state index >= 15 is 0 Å². The normalized spacial score (nSPS) is 10.4. The van der Waals surface area contributed by atoms with E-state index in [1.807, 2.05) is 25.2 Å². The Hall–Kier alpha value is -2.30. The molecule has 0 radical (unpaired) electrons. The van der Waals surface area contributed by atoms with Crippen LogP contribution in [0.2, 0.25) is 0 Å². The fourth-order valence-corrected chi connectivity index (χ4v) is 1.84. The minimum atomic E-state index is -0.243. The van der Waals surface area contributed by atoms with Crippen LogP contribution in [0.15, 0.2) is 36.5 Å². The number of aryl methyl sites for hydroxylation is 1. The number of benzene rings is 1. The Morgan fingerprint density at radius 3 is 2.95 bits per heavy atom. The van der Waals surface area contributed by atoms with Gasteiger partial charge in [0.15, 0.2) is 0 Å². The molecule has 0 atom stereocenters. The van der Waals surface area contributed by atoms with Crippen LogP contribution in [-0.2, 0) is 29.4 Å². The Labute approximate surface area is 112 Å². The molecular formula is C14H17N3O2. The summed E-state index contributed by atoms with van der Waals surface area (Å²) in [5.74, 6) is -0.243. The fraction of sp³-hybridized carbons (Fsp3) is 0.286. The molecule has 1 aromatic heterocycles. The van der Waals surface area contributed by atoms with E-state index in [4.69, 9.17) is 10.5 Å². The molecule has 0 aliphatic carbocycles. The lowest BCUT2D eigenvalue weighted by atomic mass is 10.1. The van der Waals surface area contributed by atoms with Crippen LogP contribution in [0.3, 0.4) is 0 Å². The largest absolute Gasteiger partial charge is 0.465 e. The molecule has 5 nitrogen and oxygen atoms in total. The van der Waals surface area contributed by atoms with Crippen molar-refractivity contribution in [3.05, 3.63) is 47.8 Å². The third kappa shape index (κ3) is 3.84. The van der Waals surface area contributed by atoms with Crippen molar-refractivity contribution in [1.82, 2.24) is 9.78 Å². The molecule has 0 unspecified atom stereocenters. The number of nitrogen functional groups attached to an aromatic ring is 1. The zero-order chi connectivity index (χ0) is 13.7. The second-order valence-electron chi connectivity index (χ2n) is 4.34. The number of anilines is 1. The highest BCUT2D eigenvalue weighted by atomic mass is 16.5. The highest BCUT2D eigenvalue weighted by molar-refractivity contribution is 5.73. The first-order valence-corrected chi connectivity index (χ1v) is 6.12. The van der Waals surface area contributed by atoms with E-state index in [0.717, 1.165) is 11.3 Å². The van der Waals surface area contributed by atoms with Crippen LogP contribution in [-0.4, -0.2) is 22.4 Å². The summed E-state index contributed by atoms with van der Waals surface area (Å²) in [4.78, 5) is 11.7. The molecule has 100 valence electrons. The van der Waals surface area contributed by atoms with Crippen molar-refractivity contribution < 1.29 is 9.53 Å². The molecule has 0 spiro atoms. The molecule has 1 heterocycles. The SMILES string of the molecule is Cn1nccc1CCOC(=O)Cc1cccc(N)c1. The van der Waals surface area contributed by atoms with Gasteiger partial charge >= 0.3 is 5.97 Å². The minimum absolute atomic E-state index is 0.243. The van der Waals surface area contributed by atoms with Crippen molar-refractivity contribution in [2.24, 2.45) is 7.05 Å². The number of nitrogens with zero attached hydrogens (tertiary/aromatic N) is 2. The van der Waals surface area contributed by atoms with Gasteiger partial charge in [-0.05, 0) is 23.8 Å². The average Bonchev–Trinajstić information content (AvgIpc) is 2.75. The van der Waals surface area contributed by atoms with Gasteiger partial charge in [0.2, 0.25) is 0 Å². The van der Waals surface area contributed by atoms with Crippen LogP contribution in [0.25, 0.3) is 0 Å². The number of rotatable bonds is 5. The van der Waals surface area contributed by atoms with E-state index in [9.17, 15) is 4.79 Å². The van der Waals surface area contributed by atoms with Gasteiger partial charge in [0.05, 0.1) is 13.0 Å². The second kappa shape index (κ2) is 6.04. The van der Waals surface area contributed by atoms with Crippen LogP contribution in [0, 0.1) is 0 Å². The van der Waals surface area contributed by atoms with Gasteiger partial charge in [0, 0.05) is 31.0 Å². The summed E-state index contributed by atoms with van der Waals surface area (Å²) in [6, 6.07) is 9.16. The van der Waals surface area contributed by atoms with Crippen LogP contribution in [0.4, 0.5) is 5.69 Å². The quantitative estimate of drug-likeness (QED) is 0.649. The van der Waals surface area contributed by atoms with E-state index in [2.05, 4.69) is 5.10 Å². The first kappa shape index (κ1) is 13.1. The van der Waals surface area contributed by atoms with Crippen molar-refractivity contribution in [2.45, 2.75) is 12.8 Å². The smallest absolute Gasteiger partial charge is 0.310 e. The summed E-state index contributed by atoms with van der Waals surface area (Å²) in [6.45, 7) is 0.362. The van der Waals surface area contributed by atoms with Crippen molar-refractivity contribution in [2.75, 3.05) is 12.3 Å². The number of nitrogens with two attached hydrogens (primary N) is 1. The molecule has 0 fully saturated rings. The summed E-state index contributed by atoms with van der Waals surface area (Å²) in [5.41, 5.74) is 8.21. The number of carbonyl (C=O) groups is 1. The highest BCUT2D eigenvalue weighted by Crippen LogP contribution is 2.08. The van der Waals surface area contributed by atoms with E-state index in [1.165, 1.54) is 0 Å². The van der Waals surface area contributed by atoms with Gasteiger partial charge in [0.25, 0.3) is 0 Å². The Balaban J connectivity index is 1.77. The lowest BCUT2D eigenvalue weighted by molar-refractivity contribution is -0.142. The average molecular weight is 259 g/mol. The predicted molar refractivity (Wildman–Crippen MR) is 72.4 cm³/mol. The van der Waals surface area contributed by atoms with E-state index in [-0.39, 0.29) is 12.4 Å². The molecule has 0 saturated heterocycles. The molecule has 0 bridgehead atoms. The third-order valence-corrected chi connectivity index (χ3v) is 2.84. The predicted octanol–water partition coefficient (Wildman–Crippen LogP) is 1.33. The van der Waals surface area contributed by atoms with Crippen LogP contribution < -0.4 is 5.73 Å². The van der Waals surface area contributed by atoms with E-state index in [0.29, 0.717) is 18.7 Å². The van der Waals surface area contributed by atoms with Gasteiger partial charge in [-0.1, -0.05) is 12.1 Å². The fourth-order valence-electron chi connectivity index (χ4n) is 1.84. The summed E-state index contributed by atoms with van der Waals surface area (Å²) in [5, 5.41) is 4.05. The molecule has 2 N–H and O–H groups in total. The molecule has 5 heteroatoms. The summed E-state index contributed by atoms with van der Waals surface area (Å²) in [6.07, 6.45) is 2.64. The molecule has 0 amide bonds. The van der Waals surface area contributed by atoms with E-state index in [1.54, 1.807) is 23.0 Å². The molecular weight excluding hydrogens is 242 g/mol. The Morgan fingerprint density at radius 1 is 1.42 bits per heavy atom. The zero-order valence-electron chi connectivity index (χ0n) is 10.9. The highest BCUT2D eigenvalue weighted by Gasteiger charge is 2.06. The van der Waals surface area contributed by atoms with Gasteiger partial charge in [-0.2, -0.15) is 5.10 Å². The topological polar surface area (TPSA) is 70.1 Å². The second-order valence-corrected chi connectivity index (χ2v) is 4.34. The van der Waals surface area contributed by atoms with Crippen LogP contribution in [0.1, 0.15) is 11.3 Å². The Morgan fingerprint density at radius 2 is 2.26 bits per heavy atom. The van der Waals surface area contributed by atoms with Crippen molar-refractivity contribution in [1.29, 1.82) is 0 Å². The van der Waals surface area contributed by atoms with E-state index < -0.39 is 0 Å². The molecule has 1 aromatic carbocycles. The molecule has 0 aliphatic rings. The number of hydrogen-bond acceptors (Lipinski definition) is 4. The summed E-state index contributed by atoms with van der Waals surface area (Å²) in [7, 11) is 1.86. The number of carbonyl (C=O) groups excluding carboxylic acids is 1. The van der Waals surface area contributed by atoms with Crippen molar-refractivity contribution in [3.63, 3.8) is 0 Å². The van der Waals surface area contributed by atoms with Gasteiger partial charge < -0.3 is 10.5 Å². The number of ether oxygens (including phenoxy) is 1. The van der Waals surface area contributed by atoms with Gasteiger partial charge in [-0.15, -0.1) is 0 Å². The van der Waals surface area contributed by atoms with Gasteiger partial charge in [0.1, 0.15) is 0 Å². The molecule has 19 heavy (non-hydrogen) atoms. The standard InChI is InChI=1S/C14H17N3O2/c1-17-13(5-7-16-17)6-8-19-14(18)10-11-3-2-4-12(15)9-11/h2-5,7,9H,6,8,10,15H2,1H3. The van der Waals surface area contributed by atoms with Crippen LogP contribution in [0.5, 0.6) is 0 Å². The maximum Gasteiger partial charge on any atom is 0.310 e. The molecule has 0 saturated carbocycles. The summed E-state index contributed by atoms with van der Waals surface area (Å²) >= 11 is 0. The maximum absolute atomic E-state index is 11.7. The first-order valence-electron chi connectivity index (χ1n) is 6.12. The molecule has 2 aromatic rings. The Kier molecular flexibility index (Phi) is 4.18. The molecule has 0 aliphatic heterocycles. The van der Waals surface area contributed by atoms with Gasteiger partial charge in [-0.3, -0.25) is 9.48 Å². The molecule has 2 rings (SSSR count). The number of esters is 1. The number of aromatic nitrogens is 2. The maximum atomic E-state index is 11.7. The monoisotopic (exact) mass is 259 g/mol. The number of hydrogen-bond donors (Lipinski definition) is 1. The van der Waals surface area contributed by atoms with Gasteiger partial charge in [-0.25, -0.2) is 0 Å². The summed E-state index contributed by atoms with van der Waals surface area (Å²) < 4.78 is 6.96. The first-order chi connectivity index (χ1) is 9.15. The Bertz CT molecular complexity index is 563. The third-order valence-electron chi connectivity index (χ3n) is 2.84. The minimum Gasteiger partial charge on any atom is -0.465 e. The lowest BCUT2D eigenvalue weighted by Crippen LogP contribution is -2.12. The van der Waals surface area contributed by atoms with Crippen molar-refractivity contribution in [3.8, 4) is 0 Å². The van der Waals surface area contributed by atoms with Crippen LogP contribution >= 0.6 is 0 Å². The lowest BCUT2D eigenvalue weighted by Gasteiger charge is -2.06. The van der Waals surface area contributed by atoms with Crippen molar-refractivity contribution >= 4 is 11.7 Å².